The van der Waals surface area contributed by atoms with Crippen molar-refractivity contribution in [1.29, 1.82) is 0 Å². The summed E-state index contributed by atoms with van der Waals surface area (Å²) in [5, 5.41) is 0. The molecular weight excluding hydrogens is 212 g/mol. The normalized spacial score (nSPS) is 16.5. The molecule has 2 heteroatoms. The molecule has 1 heterocycles. The predicted octanol–water partition coefficient (Wildman–Crippen LogP) is 2.60. The number of hydrogen-bond donors (Lipinski definition) is 0. The van der Waals surface area contributed by atoms with Crippen molar-refractivity contribution in [3.8, 4) is 11.8 Å². The highest BCUT2D eigenvalue weighted by atomic mass is 16.6. The Balaban J connectivity index is 2.14. The van der Waals surface area contributed by atoms with Crippen LogP contribution < -0.4 is 0 Å². The Hall–Kier alpha value is -1.56. The van der Waals surface area contributed by atoms with Crippen LogP contribution in [-0.4, -0.2) is 19.8 Å². The molecule has 0 atom stereocenters. The maximum atomic E-state index is 5.84. The summed E-state index contributed by atoms with van der Waals surface area (Å²) in [4.78, 5) is 0. The first-order valence-electron chi connectivity index (χ1n) is 5.65. The lowest BCUT2D eigenvalue weighted by Crippen LogP contribution is -2.49. The van der Waals surface area contributed by atoms with Gasteiger partial charge in [-0.2, -0.15) is 0 Å². The Kier molecular flexibility index (Phi) is 3.63. The number of ether oxygens (including phenoxy) is 2. The molecule has 0 N–H and O–H groups in total. The highest BCUT2D eigenvalue weighted by Crippen LogP contribution is 2.33. The Bertz CT molecular complexity index is 444. The van der Waals surface area contributed by atoms with Crippen molar-refractivity contribution in [2.24, 2.45) is 0 Å². The van der Waals surface area contributed by atoms with Crippen LogP contribution in [-0.2, 0) is 15.1 Å². The van der Waals surface area contributed by atoms with Gasteiger partial charge in [-0.25, -0.2) is 0 Å². The van der Waals surface area contributed by atoms with Crippen molar-refractivity contribution in [3.05, 3.63) is 42.0 Å². The standard InChI is InChI=1S/C15H16O2/c1-3-5-10-17-15(11-16-12-15)14-8-6-13(4-2)7-9-14/h4,6-9H,2,10-12H2,1H3. The minimum Gasteiger partial charge on any atom is -0.375 e. The Labute approximate surface area is 102 Å². The van der Waals surface area contributed by atoms with Gasteiger partial charge in [-0.05, 0) is 18.1 Å². The molecular formula is C15H16O2. The summed E-state index contributed by atoms with van der Waals surface area (Å²) in [6.07, 6.45) is 1.83. The van der Waals surface area contributed by atoms with Crippen LogP contribution in [0.15, 0.2) is 30.8 Å². The topological polar surface area (TPSA) is 18.5 Å². The first-order chi connectivity index (χ1) is 8.30. The van der Waals surface area contributed by atoms with Gasteiger partial charge in [0.05, 0.1) is 13.2 Å². The Morgan fingerprint density at radius 1 is 1.41 bits per heavy atom. The SMILES string of the molecule is C=Cc1ccc(C2(OCC#CC)COC2)cc1. The maximum absolute atomic E-state index is 5.84. The Morgan fingerprint density at radius 2 is 2.12 bits per heavy atom. The van der Waals surface area contributed by atoms with Crippen molar-refractivity contribution < 1.29 is 9.47 Å². The molecule has 0 aromatic heterocycles. The highest BCUT2D eigenvalue weighted by Gasteiger charge is 2.41. The highest BCUT2D eigenvalue weighted by molar-refractivity contribution is 5.48. The quantitative estimate of drug-likeness (QED) is 0.737. The average molecular weight is 228 g/mol. The van der Waals surface area contributed by atoms with Crippen LogP contribution in [0.25, 0.3) is 6.08 Å². The van der Waals surface area contributed by atoms with Gasteiger partial charge in [-0.3, -0.25) is 0 Å². The second-order valence-electron chi connectivity index (χ2n) is 4.03. The summed E-state index contributed by atoms with van der Waals surface area (Å²) in [5.74, 6) is 5.75. The van der Waals surface area contributed by atoms with E-state index < -0.39 is 0 Å². The largest absolute Gasteiger partial charge is 0.375 e. The molecule has 1 aromatic rings. The summed E-state index contributed by atoms with van der Waals surface area (Å²) < 4.78 is 11.1. The third-order valence-electron chi connectivity index (χ3n) is 2.94. The fraction of sp³-hybridized carbons (Fsp3) is 0.333. The van der Waals surface area contributed by atoms with Gasteiger partial charge in [0.15, 0.2) is 0 Å². The fourth-order valence-corrected chi connectivity index (χ4v) is 1.79. The smallest absolute Gasteiger partial charge is 0.141 e. The van der Waals surface area contributed by atoms with E-state index in [1.165, 1.54) is 0 Å². The molecule has 0 spiro atoms. The molecule has 88 valence electrons. The molecule has 0 unspecified atom stereocenters. The zero-order chi connectivity index (χ0) is 12.1. The molecule has 0 radical (unpaired) electrons. The molecule has 1 aliphatic heterocycles. The van der Waals surface area contributed by atoms with E-state index in [0.717, 1.165) is 11.1 Å². The molecule has 1 saturated heterocycles. The van der Waals surface area contributed by atoms with E-state index in [-0.39, 0.29) is 5.60 Å². The van der Waals surface area contributed by atoms with E-state index >= 15 is 0 Å². The van der Waals surface area contributed by atoms with Crippen molar-refractivity contribution in [1.82, 2.24) is 0 Å². The summed E-state index contributed by atoms with van der Waals surface area (Å²) in [6.45, 7) is 7.21. The van der Waals surface area contributed by atoms with E-state index in [1.807, 2.05) is 25.1 Å². The van der Waals surface area contributed by atoms with Gasteiger partial charge in [0.1, 0.15) is 12.2 Å². The summed E-state index contributed by atoms with van der Waals surface area (Å²) >= 11 is 0. The molecule has 2 nitrogen and oxygen atoms in total. The molecule has 2 rings (SSSR count). The van der Waals surface area contributed by atoms with Crippen LogP contribution >= 0.6 is 0 Å². The van der Waals surface area contributed by atoms with Crippen molar-refractivity contribution in [2.45, 2.75) is 12.5 Å². The van der Waals surface area contributed by atoms with Gasteiger partial charge in [-0.1, -0.05) is 42.8 Å². The minimum absolute atomic E-state index is 0.302. The summed E-state index contributed by atoms with van der Waals surface area (Å²) in [6, 6.07) is 8.21. The zero-order valence-electron chi connectivity index (χ0n) is 10.0. The molecule has 0 bridgehead atoms. The van der Waals surface area contributed by atoms with Gasteiger partial charge in [-0.15, -0.1) is 5.92 Å². The molecule has 1 aliphatic rings. The van der Waals surface area contributed by atoms with E-state index in [0.29, 0.717) is 19.8 Å². The number of rotatable bonds is 4. The summed E-state index contributed by atoms with van der Waals surface area (Å²) in [5.41, 5.74) is 1.95. The van der Waals surface area contributed by atoms with Gasteiger partial charge < -0.3 is 9.47 Å². The summed E-state index contributed by atoms with van der Waals surface area (Å²) in [7, 11) is 0. The van der Waals surface area contributed by atoms with Gasteiger partial charge in [0.2, 0.25) is 0 Å². The molecule has 1 aromatic carbocycles. The van der Waals surface area contributed by atoms with Crippen molar-refractivity contribution >= 4 is 6.08 Å². The fourth-order valence-electron chi connectivity index (χ4n) is 1.79. The molecule has 0 saturated carbocycles. The van der Waals surface area contributed by atoms with Gasteiger partial charge in [0.25, 0.3) is 0 Å². The van der Waals surface area contributed by atoms with Crippen LogP contribution in [0.5, 0.6) is 0 Å². The third-order valence-corrected chi connectivity index (χ3v) is 2.94. The van der Waals surface area contributed by atoms with E-state index in [1.54, 1.807) is 0 Å². The maximum Gasteiger partial charge on any atom is 0.141 e. The molecule has 1 fully saturated rings. The second-order valence-corrected chi connectivity index (χ2v) is 4.03. The van der Waals surface area contributed by atoms with Crippen LogP contribution in [0, 0.1) is 11.8 Å². The van der Waals surface area contributed by atoms with Crippen LogP contribution in [0.1, 0.15) is 18.1 Å². The molecule has 17 heavy (non-hydrogen) atoms. The third kappa shape index (κ3) is 2.41. The van der Waals surface area contributed by atoms with Gasteiger partial charge in [0, 0.05) is 0 Å². The van der Waals surface area contributed by atoms with Crippen molar-refractivity contribution in [2.75, 3.05) is 19.8 Å². The van der Waals surface area contributed by atoms with Crippen LogP contribution in [0.4, 0.5) is 0 Å². The van der Waals surface area contributed by atoms with E-state index in [9.17, 15) is 0 Å². The minimum atomic E-state index is -0.302. The number of benzene rings is 1. The predicted molar refractivity (Wildman–Crippen MR) is 68.4 cm³/mol. The van der Waals surface area contributed by atoms with E-state index in [2.05, 4.69) is 30.6 Å². The van der Waals surface area contributed by atoms with Crippen LogP contribution in [0.3, 0.4) is 0 Å². The molecule has 0 amide bonds. The first-order valence-corrected chi connectivity index (χ1v) is 5.65. The lowest BCUT2D eigenvalue weighted by molar-refractivity contribution is -0.210. The zero-order valence-corrected chi connectivity index (χ0v) is 10.0. The average Bonchev–Trinajstić information content (AvgIpc) is 2.33. The Morgan fingerprint density at radius 3 is 2.59 bits per heavy atom. The van der Waals surface area contributed by atoms with E-state index in [4.69, 9.17) is 9.47 Å². The second kappa shape index (κ2) is 5.18. The monoisotopic (exact) mass is 228 g/mol. The molecule has 0 aliphatic carbocycles. The first kappa shape index (κ1) is 11.9. The number of hydrogen-bond acceptors (Lipinski definition) is 2. The van der Waals surface area contributed by atoms with Crippen LogP contribution in [0.2, 0.25) is 0 Å². The lowest BCUT2D eigenvalue weighted by Gasteiger charge is -2.41. The van der Waals surface area contributed by atoms with Gasteiger partial charge >= 0.3 is 0 Å². The van der Waals surface area contributed by atoms with Crippen molar-refractivity contribution in [3.63, 3.8) is 0 Å². The lowest BCUT2D eigenvalue weighted by atomic mass is 9.91.